The van der Waals surface area contributed by atoms with Gasteiger partial charge in [0.05, 0.1) is 12.1 Å². The summed E-state index contributed by atoms with van der Waals surface area (Å²) in [5.41, 5.74) is 10.6. The van der Waals surface area contributed by atoms with Gasteiger partial charge >= 0.3 is 0 Å². The van der Waals surface area contributed by atoms with Crippen LogP contribution in [0, 0.1) is 13.8 Å². The van der Waals surface area contributed by atoms with Gasteiger partial charge in [0.25, 0.3) is 0 Å². The van der Waals surface area contributed by atoms with Crippen LogP contribution < -0.4 is 5.73 Å². The van der Waals surface area contributed by atoms with Crippen LogP contribution in [0.15, 0.2) is 48.5 Å². The van der Waals surface area contributed by atoms with E-state index in [-0.39, 0.29) is 18.4 Å². The van der Waals surface area contributed by atoms with Gasteiger partial charge in [-0.25, -0.2) is 0 Å². The highest BCUT2D eigenvalue weighted by molar-refractivity contribution is 5.85. The van der Waals surface area contributed by atoms with Crippen LogP contribution >= 0.6 is 12.4 Å². The molecule has 2 aromatic rings. The molecule has 0 unspecified atom stereocenters. The Morgan fingerprint density at radius 1 is 1.00 bits per heavy atom. The average Bonchev–Trinajstić information content (AvgIpc) is 2.37. The van der Waals surface area contributed by atoms with Gasteiger partial charge in [0.15, 0.2) is 0 Å². The van der Waals surface area contributed by atoms with Crippen LogP contribution in [0.25, 0.3) is 0 Å². The van der Waals surface area contributed by atoms with Gasteiger partial charge in [-0.1, -0.05) is 59.7 Å². The Hall–Kier alpha value is -1.35. The van der Waals surface area contributed by atoms with Gasteiger partial charge in [-0.15, -0.1) is 12.4 Å². The Kier molecular flexibility index (Phi) is 6.21. The van der Waals surface area contributed by atoms with E-state index < -0.39 is 6.10 Å². The van der Waals surface area contributed by atoms with Gasteiger partial charge in [0.2, 0.25) is 0 Å². The molecule has 0 aliphatic rings. The van der Waals surface area contributed by atoms with Crippen LogP contribution in [0.1, 0.15) is 28.3 Å². The minimum Gasteiger partial charge on any atom is -0.391 e. The van der Waals surface area contributed by atoms with Crippen molar-refractivity contribution < 1.29 is 5.11 Å². The van der Waals surface area contributed by atoms with Gasteiger partial charge in [-0.05, 0) is 25.0 Å². The van der Waals surface area contributed by atoms with Crippen molar-refractivity contribution in [3.05, 3.63) is 70.8 Å². The molecule has 0 heterocycles. The van der Waals surface area contributed by atoms with E-state index in [4.69, 9.17) is 5.73 Å². The largest absolute Gasteiger partial charge is 0.391 e. The summed E-state index contributed by atoms with van der Waals surface area (Å²) in [5, 5.41) is 10.3. The maximum absolute atomic E-state index is 10.3. The summed E-state index contributed by atoms with van der Waals surface area (Å²) in [6.45, 7) is 4.10. The van der Waals surface area contributed by atoms with Crippen molar-refractivity contribution in [2.24, 2.45) is 5.73 Å². The molecule has 3 N–H and O–H groups in total. The Balaban J connectivity index is 0.00000200. The van der Waals surface area contributed by atoms with Crippen LogP contribution in [0.2, 0.25) is 0 Å². The molecule has 3 heteroatoms. The molecule has 0 aliphatic heterocycles. The zero-order valence-corrected chi connectivity index (χ0v) is 12.7. The van der Waals surface area contributed by atoms with E-state index in [2.05, 4.69) is 6.07 Å². The molecular formula is C17H22ClNO. The Bertz CT molecular complexity index is 522. The summed E-state index contributed by atoms with van der Waals surface area (Å²) in [6, 6.07) is 15.8. The number of aliphatic hydroxyl groups is 1. The van der Waals surface area contributed by atoms with E-state index in [1.54, 1.807) is 0 Å². The van der Waals surface area contributed by atoms with E-state index in [0.29, 0.717) is 6.42 Å². The number of rotatable bonds is 4. The number of aryl methyl sites for hydroxylation is 2. The minimum absolute atomic E-state index is 0. The van der Waals surface area contributed by atoms with Gasteiger partial charge in [-0.3, -0.25) is 0 Å². The zero-order chi connectivity index (χ0) is 13.8. The van der Waals surface area contributed by atoms with Gasteiger partial charge < -0.3 is 10.8 Å². The maximum Gasteiger partial charge on any atom is 0.0773 e. The SMILES string of the molecule is Cc1cc(C)cc([C@H](N)[C@H](O)Cc2ccccc2)c1.Cl. The topological polar surface area (TPSA) is 46.2 Å². The van der Waals surface area contributed by atoms with Gasteiger partial charge in [-0.2, -0.15) is 0 Å². The van der Waals surface area contributed by atoms with E-state index in [9.17, 15) is 5.11 Å². The molecule has 0 saturated heterocycles. The molecule has 0 saturated carbocycles. The molecule has 2 atom stereocenters. The zero-order valence-electron chi connectivity index (χ0n) is 11.9. The summed E-state index contributed by atoms with van der Waals surface area (Å²) in [7, 11) is 0. The number of halogens is 1. The standard InChI is InChI=1S/C17H21NO.ClH/c1-12-8-13(2)10-15(9-12)17(18)16(19)11-14-6-4-3-5-7-14;/h3-10,16-17,19H,11,18H2,1-2H3;1H/t16-,17+;/m1./s1. The predicted molar refractivity (Wildman–Crippen MR) is 86.2 cm³/mol. The van der Waals surface area contributed by atoms with Crippen molar-refractivity contribution in [2.75, 3.05) is 0 Å². The van der Waals surface area contributed by atoms with Crippen LogP contribution in [-0.4, -0.2) is 11.2 Å². The molecule has 2 rings (SSSR count). The van der Waals surface area contributed by atoms with Crippen molar-refractivity contribution in [3.63, 3.8) is 0 Å². The third kappa shape index (κ3) is 4.34. The molecule has 0 radical (unpaired) electrons. The molecule has 2 aromatic carbocycles. The molecule has 0 spiro atoms. The predicted octanol–water partition coefficient (Wildman–Crippen LogP) is 3.33. The van der Waals surface area contributed by atoms with Crippen LogP contribution in [0.3, 0.4) is 0 Å². The van der Waals surface area contributed by atoms with Crippen molar-refractivity contribution in [1.82, 2.24) is 0 Å². The van der Waals surface area contributed by atoms with Crippen LogP contribution in [0.5, 0.6) is 0 Å². The first-order chi connectivity index (χ1) is 9.06. The summed E-state index contributed by atoms with van der Waals surface area (Å²) in [4.78, 5) is 0. The summed E-state index contributed by atoms with van der Waals surface area (Å²) in [5.74, 6) is 0. The van der Waals surface area contributed by atoms with Crippen molar-refractivity contribution in [1.29, 1.82) is 0 Å². The first kappa shape index (κ1) is 16.7. The number of aliphatic hydroxyl groups excluding tert-OH is 1. The van der Waals surface area contributed by atoms with E-state index in [1.165, 1.54) is 11.1 Å². The first-order valence-electron chi connectivity index (χ1n) is 6.62. The van der Waals surface area contributed by atoms with Crippen molar-refractivity contribution in [2.45, 2.75) is 32.4 Å². The lowest BCUT2D eigenvalue weighted by atomic mass is 9.94. The highest BCUT2D eigenvalue weighted by Gasteiger charge is 2.17. The average molecular weight is 292 g/mol. The molecular weight excluding hydrogens is 270 g/mol. The normalized spacial score (nSPS) is 13.4. The molecule has 0 bridgehead atoms. The van der Waals surface area contributed by atoms with E-state index >= 15 is 0 Å². The molecule has 0 aromatic heterocycles. The molecule has 0 fully saturated rings. The number of benzene rings is 2. The second-order valence-electron chi connectivity index (χ2n) is 5.20. The fraction of sp³-hybridized carbons (Fsp3) is 0.294. The van der Waals surface area contributed by atoms with E-state index in [1.807, 2.05) is 56.3 Å². The van der Waals surface area contributed by atoms with Crippen LogP contribution in [0.4, 0.5) is 0 Å². The fourth-order valence-electron chi connectivity index (χ4n) is 2.41. The van der Waals surface area contributed by atoms with Gasteiger partial charge in [0.1, 0.15) is 0 Å². The molecule has 0 aliphatic carbocycles. The highest BCUT2D eigenvalue weighted by atomic mass is 35.5. The monoisotopic (exact) mass is 291 g/mol. The van der Waals surface area contributed by atoms with Crippen molar-refractivity contribution in [3.8, 4) is 0 Å². The summed E-state index contributed by atoms with van der Waals surface area (Å²) < 4.78 is 0. The maximum atomic E-state index is 10.3. The Morgan fingerprint density at radius 2 is 1.55 bits per heavy atom. The highest BCUT2D eigenvalue weighted by Crippen LogP contribution is 2.20. The lowest BCUT2D eigenvalue weighted by Gasteiger charge is -2.20. The van der Waals surface area contributed by atoms with Gasteiger partial charge in [0, 0.05) is 6.42 Å². The molecule has 20 heavy (non-hydrogen) atoms. The second-order valence-corrected chi connectivity index (χ2v) is 5.20. The number of hydrogen-bond donors (Lipinski definition) is 2. The third-order valence-corrected chi connectivity index (χ3v) is 3.33. The molecule has 2 nitrogen and oxygen atoms in total. The number of nitrogens with two attached hydrogens (primary N) is 1. The second kappa shape index (κ2) is 7.44. The number of hydrogen-bond acceptors (Lipinski definition) is 2. The third-order valence-electron chi connectivity index (χ3n) is 3.33. The lowest BCUT2D eigenvalue weighted by molar-refractivity contribution is 0.145. The van der Waals surface area contributed by atoms with Crippen LogP contribution in [-0.2, 0) is 6.42 Å². The summed E-state index contributed by atoms with van der Waals surface area (Å²) in [6.07, 6.45) is 0.0123. The first-order valence-corrected chi connectivity index (χ1v) is 6.62. The summed E-state index contributed by atoms with van der Waals surface area (Å²) >= 11 is 0. The fourth-order valence-corrected chi connectivity index (χ4v) is 2.41. The smallest absolute Gasteiger partial charge is 0.0773 e. The lowest BCUT2D eigenvalue weighted by Crippen LogP contribution is -2.28. The van der Waals surface area contributed by atoms with E-state index in [0.717, 1.165) is 11.1 Å². The molecule has 108 valence electrons. The minimum atomic E-state index is -0.566. The quantitative estimate of drug-likeness (QED) is 0.908. The Labute approximate surface area is 127 Å². The Morgan fingerprint density at radius 3 is 2.10 bits per heavy atom. The molecule has 0 amide bonds. The van der Waals surface area contributed by atoms with Crippen molar-refractivity contribution >= 4 is 12.4 Å².